The molecule has 0 aliphatic carbocycles. The molecule has 0 radical (unpaired) electrons. The van der Waals surface area contributed by atoms with Crippen molar-refractivity contribution < 1.29 is 23.9 Å². The lowest BCUT2D eigenvalue weighted by atomic mass is 10.0. The van der Waals surface area contributed by atoms with Gasteiger partial charge in [0.05, 0.1) is 19.2 Å². The van der Waals surface area contributed by atoms with Crippen LogP contribution in [-0.2, 0) is 25.5 Å². The van der Waals surface area contributed by atoms with Crippen LogP contribution in [0, 0.1) is 11.3 Å². The standard InChI is InChI=1S/C23H32N4O5/c1-23(2,3)32-22(30)25-15-17(14-24)27-12-8-11-19(27)20(28)26-18(21(29)31-4)13-16-9-6-5-7-10-16/h5-7,9-10,17-19H,8,11-13,15H2,1-4H3,(H,25,30)(H,26,28)/t17-,18+,19+/m1/s1. The Morgan fingerprint density at radius 2 is 1.94 bits per heavy atom. The van der Waals surface area contributed by atoms with E-state index in [4.69, 9.17) is 9.47 Å². The molecular formula is C23H32N4O5. The lowest BCUT2D eigenvalue weighted by Gasteiger charge is -2.29. The normalized spacial score (nSPS) is 18.2. The van der Waals surface area contributed by atoms with Gasteiger partial charge in [-0.05, 0) is 39.2 Å². The first-order valence-electron chi connectivity index (χ1n) is 10.7. The maximum Gasteiger partial charge on any atom is 0.407 e. The van der Waals surface area contributed by atoms with Crippen LogP contribution in [0.3, 0.4) is 0 Å². The number of esters is 1. The predicted molar refractivity (Wildman–Crippen MR) is 117 cm³/mol. The number of rotatable bonds is 8. The Kier molecular flexibility index (Phi) is 9.02. The Morgan fingerprint density at radius 1 is 1.25 bits per heavy atom. The Hall–Kier alpha value is -3.12. The molecule has 2 rings (SSSR count). The number of nitrogens with one attached hydrogen (secondary N) is 2. The number of methoxy groups -OCH3 is 1. The van der Waals surface area contributed by atoms with E-state index >= 15 is 0 Å². The van der Waals surface area contributed by atoms with Gasteiger partial charge in [-0.3, -0.25) is 9.69 Å². The molecule has 1 saturated heterocycles. The van der Waals surface area contributed by atoms with Crippen LogP contribution >= 0.6 is 0 Å². The quantitative estimate of drug-likeness (QED) is 0.586. The van der Waals surface area contributed by atoms with Gasteiger partial charge >= 0.3 is 12.1 Å². The van der Waals surface area contributed by atoms with Gasteiger partial charge in [-0.1, -0.05) is 30.3 Å². The molecule has 174 valence electrons. The summed E-state index contributed by atoms with van der Waals surface area (Å²) in [6.07, 6.45) is 0.958. The number of carbonyl (C=O) groups excluding carboxylic acids is 3. The van der Waals surface area contributed by atoms with Gasteiger partial charge in [-0.2, -0.15) is 5.26 Å². The lowest BCUT2D eigenvalue weighted by molar-refractivity contribution is -0.145. The van der Waals surface area contributed by atoms with E-state index in [1.807, 2.05) is 30.3 Å². The summed E-state index contributed by atoms with van der Waals surface area (Å²) in [6, 6.07) is 9.38. The molecule has 2 amide bonds. The van der Waals surface area contributed by atoms with Crippen LogP contribution in [0.1, 0.15) is 39.2 Å². The molecule has 1 aromatic carbocycles. The highest BCUT2D eigenvalue weighted by atomic mass is 16.6. The topological polar surface area (TPSA) is 121 Å². The molecule has 1 fully saturated rings. The Labute approximate surface area is 189 Å². The highest BCUT2D eigenvalue weighted by Gasteiger charge is 2.37. The zero-order valence-corrected chi connectivity index (χ0v) is 19.1. The van der Waals surface area contributed by atoms with Crippen LogP contribution < -0.4 is 10.6 Å². The van der Waals surface area contributed by atoms with Gasteiger partial charge in [0.25, 0.3) is 0 Å². The van der Waals surface area contributed by atoms with Gasteiger partial charge in [0.15, 0.2) is 0 Å². The molecule has 0 bridgehead atoms. The molecule has 1 aliphatic rings. The van der Waals surface area contributed by atoms with E-state index in [0.717, 1.165) is 12.0 Å². The summed E-state index contributed by atoms with van der Waals surface area (Å²) in [5.41, 5.74) is 0.243. The number of alkyl carbamates (subject to hydrolysis) is 1. The highest BCUT2D eigenvalue weighted by Crippen LogP contribution is 2.21. The SMILES string of the molecule is COC(=O)[C@H](Cc1ccccc1)NC(=O)[C@@H]1CCCN1[C@H](C#N)CNC(=O)OC(C)(C)C. The van der Waals surface area contributed by atoms with Gasteiger partial charge in [0.1, 0.15) is 17.7 Å². The van der Waals surface area contributed by atoms with E-state index in [9.17, 15) is 19.6 Å². The summed E-state index contributed by atoms with van der Waals surface area (Å²) in [5, 5.41) is 15.0. The summed E-state index contributed by atoms with van der Waals surface area (Å²) in [5.74, 6) is -0.874. The summed E-state index contributed by atoms with van der Waals surface area (Å²) in [7, 11) is 1.28. The zero-order valence-electron chi connectivity index (χ0n) is 19.1. The second-order valence-corrected chi connectivity index (χ2v) is 8.70. The van der Waals surface area contributed by atoms with E-state index in [0.29, 0.717) is 19.4 Å². The molecule has 2 N–H and O–H groups in total. The van der Waals surface area contributed by atoms with Crippen molar-refractivity contribution in [1.29, 1.82) is 5.26 Å². The minimum absolute atomic E-state index is 0.0274. The van der Waals surface area contributed by atoms with E-state index < -0.39 is 35.8 Å². The van der Waals surface area contributed by atoms with Crippen molar-refractivity contribution in [3.05, 3.63) is 35.9 Å². The van der Waals surface area contributed by atoms with Crippen molar-refractivity contribution in [2.24, 2.45) is 0 Å². The van der Waals surface area contributed by atoms with Crippen LogP contribution in [0.2, 0.25) is 0 Å². The second kappa shape index (κ2) is 11.5. The molecule has 9 heteroatoms. The Bertz CT molecular complexity index is 831. The van der Waals surface area contributed by atoms with Crippen LogP contribution in [0.15, 0.2) is 30.3 Å². The molecule has 32 heavy (non-hydrogen) atoms. The minimum atomic E-state index is -0.835. The molecular weight excluding hydrogens is 412 g/mol. The second-order valence-electron chi connectivity index (χ2n) is 8.70. The molecule has 1 aromatic rings. The smallest absolute Gasteiger partial charge is 0.407 e. The third kappa shape index (κ3) is 7.54. The fourth-order valence-electron chi connectivity index (χ4n) is 3.63. The highest BCUT2D eigenvalue weighted by molar-refractivity contribution is 5.88. The fourth-order valence-corrected chi connectivity index (χ4v) is 3.63. The van der Waals surface area contributed by atoms with Crippen molar-refractivity contribution in [2.45, 2.75) is 63.8 Å². The first-order chi connectivity index (χ1) is 15.1. The Morgan fingerprint density at radius 3 is 2.53 bits per heavy atom. The largest absolute Gasteiger partial charge is 0.467 e. The molecule has 0 aromatic heterocycles. The van der Waals surface area contributed by atoms with Crippen molar-refractivity contribution in [3.8, 4) is 6.07 Å². The number of nitrogens with zero attached hydrogens (tertiary/aromatic N) is 2. The van der Waals surface area contributed by atoms with Crippen LogP contribution in [0.25, 0.3) is 0 Å². The van der Waals surface area contributed by atoms with Gasteiger partial charge in [0.2, 0.25) is 5.91 Å². The number of nitriles is 1. The average molecular weight is 445 g/mol. The maximum absolute atomic E-state index is 13.0. The Balaban J connectivity index is 2.03. The van der Waals surface area contributed by atoms with Crippen LogP contribution in [-0.4, -0.2) is 66.8 Å². The summed E-state index contributed by atoms with van der Waals surface area (Å²) < 4.78 is 10.1. The minimum Gasteiger partial charge on any atom is -0.467 e. The average Bonchev–Trinajstić information content (AvgIpc) is 3.22. The summed E-state index contributed by atoms with van der Waals surface area (Å²) in [4.78, 5) is 39.0. The number of benzene rings is 1. The number of likely N-dealkylation sites (tertiary alicyclic amines) is 1. The van der Waals surface area contributed by atoms with Crippen molar-refractivity contribution in [3.63, 3.8) is 0 Å². The lowest BCUT2D eigenvalue weighted by Crippen LogP contribution is -2.54. The van der Waals surface area contributed by atoms with E-state index in [2.05, 4.69) is 16.7 Å². The molecule has 1 aliphatic heterocycles. The van der Waals surface area contributed by atoms with Crippen LogP contribution in [0.4, 0.5) is 4.79 Å². The number of hydrogen-bond acceptors (Lipinski definition) is 7. The maximum atomic E-state index is 13.0. The van der Waals surface area contributed by atoms with E-state index in [1.165, 1.54) is 7.11 Å². The fraction of sp³-hybridized carbons (Fsp3) is 0.565. The molecule has 0 spiro atoms. The van der Waals surface area contributed by atoms with Crippen molar-refractivity contribution >= 4 is 18.0 Å². The molecule has 0 saturated carbocycles. The first-order valence-corrected chi connectivity index (χ1v) is 10.7. The third-order valence-electron chi connectivity index (χ3n) is 5.07. The summed E-state index contributed by atoms with van der Waals surface area (Å²) >= 11 is 0. The van der Waals surface area contributed by atoms with Crippen molar-refractivity contribution in [1.82, 2.24) is 15.5 Å². The van der Waals surface area contributed by atoms with Gasteiger partial charge in [-0.15, -0.1) is 0 Å². The van der Waals surface area contributed by atoms with Gasteiger partial charge in [-0.25, -0.2) is 9.59 Å². The summed E-state index contributed by atoms with van der Waals surface area (Å²) in [6.45, 7) is 5.82. The monoisotopic (exact) mass is 444 g/mol. The first kappa shape index (κ1) is 25.1. The number of ether oxygens (including phenoxy) is 2. The van der Waals surface area contributed by atoms with Crippen molar-refractivity contribution in [2.75, 3.05) is 20.2 Å². The number of amides is 2. The van der Waals surface area contributed by atoms with E-state index in [1.54, 1.807) is 25.7 Å². The number of hydrogen-bond donors (Lipinski definition) is 2. The molecule has 3 atom stereocenters. The zero-order chi connectivity index (χ0) is 23.7. The van der Waals surface area contributed by atoms with Gasteiger partial charge < -0.3 is 20.1 Å². The predicted octanol–water partition coefficient (Wildman–Crippen LogP) is 1.77. The van der Waals surface area contributed by atoms with E-state index in [-0.39, 0.29) is 12.5 Å². The number of carbonyl (C=O) groups is 3. The van der Waals surface area contributed by atoms with Crippen LogP contribution in [0.5, 0.6) is 0 Å². The third-order valence-corrected chi connectivity index (χ3v) is 5.07. The van der Waals surface area contributed by atoms with Gasteiger partial charge in [0, 0.05) is 19.5 Å². The molecule has 1 heterocycles. The molecule has 9 nitrogen and oxygen atoms in total. The molecule has 0 unspecified atom stereocenters.